The third-order valence-corrected chi connectivity index (χ3v) is 4.66. The second kappa shape index (κ2) is 3.98. The van der Waals surface area contributed by atoms with Gasteiger partial charge in [0.1, 0.15) is 0 Å². The predicted molar refractivity (Wildman–Crippen MR) is 75.1 cm³/mol. The van der Waals surface area contributed by atoms with Crippen molar-refractivity contribution in [2.24, 2.45) is 0 Å². The summed E-state index contributed by atoms with van der Waals surface area (Å²) in [6.07, 6.45) is 6.46. The second-order valence-electron chi connectivity index (χ2n) is 5.67. The predicted octanol–water partition coefficient (Wildman–Crippen LogP) is 4.25. The van der Waals surface area contributed by atoms with Gasteiger partial charge in [-0.25, -0.2) is 0 Å². The van der Waals surface area contributed by atoms with Gasteiger partial charge in [0.15, 0.2) is 0 Å². The molecule has 0 aromatic heterocycles. The van der Waals surface area contributed by atoms with Crippen molar-refractivity contribution in [1.29, 1.82) is 0 Å². The zero-order valence-electron chi connectivity index (χ0n) is 10.7. The number of rotatable bonds is 1. The molecule has 0 bridgehead atoms. The highest BCUT2D eigenvalue weighted by atomic mass is 14.3. The molecule has 0 N–H and O–H groups in total. The zero-order valence-corrected chi connectivity index (χ0v) is 10.7. The normalized spacial score (nSPS) is 20.8. The fraction of sp³-hybridized carbons (Fsp3) is 0.333. The van der Waals surface area contributed by atoms with Crippen molar-refractivity contribution in [3.05, 3.63) is 70.3 Å². The van der Waals surface area contributed by atoms with E-state index in [0.717, 1.165) is 0 Å². The van der Waals surface area contributed by atoms with Crippen LogP contribution in [0.2, 0.25) is 0 Å². The Bertz CT molecular complexity index is 595. The quantitative estimate of drug-likeness (QED) is 0.692. The molecular formula is C18H18. The van der Waals surface area contributed by atoms with Crippen LogP contribution in [0.15, 0.2) is 42.5 Å². The van der Waals surface area contributed by atoms with Gasteiger partial charge in [-0.1, -0.05) is 42.5 Å². The lowest BCUT2D eigenvalue weighted by atomic mass is 9.91. The maximum Gasteiger partial charge on any atom is 0.00953 e. The first-order valence-electron chi connectivity index (χ1n) is 7.11. The Morgan fingerprint density at radius 1 is 0.778 bits per heavy atom. The van der Waals surface area contributed by atoms with Crippen LogP contribution in [0.3, 0.4) is 0 Å². The van der Waals surface area contributed by atoms with Gasteiger partial charge in [-0.2, -0.15) is 0 Å². The lowest BCUT2D eigenvalue weighted by Gasteiger charge is -2.13. The van der Waals surface area contributed by atoms with Gasteiger partial charge in [-0.15, -0.1) is 0 Å². The molecule has 2 aliphatic rings. The fourth-order valence-electron chi connectivity index (χ4n) is 3.71. The van der Waals surface area contributed by atoms with Crippen LogP contribution >= 0.6 is 0 Å². The van der Waals surface area contributed by atoms with Crippen molar-refractivity contribution in [3.63, 3.8) is 0 Å². The molecule has 0 saturated heterocycles. The van der Waals surface area contributed by atoms with Crippen LogP contribution in [0, 0.1) is 0 Å². The molecule has 4 rings (SSSR count). The van der Waals surface area contributed by atoms with Crippen molar-refractivity contribution in [2.45, 2.75) is 38.0 Å². The first-order chi connectivity index (χ1) is 8.92. The average Bonchev–Trinajstić information content (AvgIpc) is 3.04. The summed E-state index contributed by atoms with van der Waals surface area (Å²) in [4.78, 5) is 0. The van der Waals surface area contributed by atoms with Gasteiger partial charge in [-0.3, -0.25) is 0 Å². The van der Waals surface area contributed by atoms with Gasteiger partial charge >= 0.3 is 0 Å². The number of benzene rings is 2. The van der Waals surface area contributed by atoms with E-state index in [1.54, 1.807) is 27.8 Å². The van der Waals surface area contributed by atoms with Crippen molar-refractivity contribution >= 4 is 0 Å². The van der Waals surface area contributed by atoms with Crippen molar-refractivity contribution in [3.8, 4) is 0 Å². The number of fused-ring (bicyclic) bond motifs is 2. The smallest absolute Gasteiger partial charge is 0.00953 e. The van der Waals surface area contributed by atoms with Crippen LogP contribution in [0.4, 0.5) is 0 Å². The molecule has 2 aliphatic carbocycles. The van der Waals surface area contributed by atoms with Gasteiger partial charge in [0.25, 0.3) is 0 Å². The van der Waals surface area contributed by atoms with Crippen molar-refractivity contribution in [2.75, 3.05) is 0 Å². The van der Waals surface area contributed by atoms with E-state index in [2.05, 4.69) is 42.5 Å². The summed E-state index contributed by atoms with van der Waals surface area (Å²) in [5.74, 6) is 0.645. The van der Waals surface area contributed by atoms with Crippen molar-refractivity contribution in [1.82, 2.24) is 0 Å². The van der Waals surface area contributed by atoms with Gasteiger partial charge in [0.05, 0.1) is 0 Å². The molecule has 0 heteroatoms. The van der Waals surface area contributed by atoms with E-state index in [4.69, 9.17) is 0 Å². The molecule has 0 amide bonds. The van der Waals surface area contributed by atoms with Gasteiger partial charge < -0.3 is 0 Å². The topological polar surface area (TPSA) is 0 Å². The standard InChI is InChI=1S/C18H18/c1-2-7-17-14(4-1)10-11-18(17)16-9-8-13-5-3-6-15(13)12-16/h1-2,4,7-9,12,18H,3,5-6,10-11H2. The van der Waals surface area contributed by atoms with E-state index in [-0.39, 0.29) is 0 Å². The molecule has 0 fully saturated rings. The molecule has 90 valence electrons. The minimum absolute atomic E-state index is 0.645. The number of aryl methyl sites for hydroxylation is 3. The molecule has 0 nitrogen and oxygen atoms in total. The molecule has 0 radical (unpaired) electrons. The Kier molecular flexibility index (Phi) is 2.29. The number of hydrogen-bond acceptors (Lipinski definition) is 0. The minimum atomic E-state index is 0.645. The van der Waals surface area contributed by atoms with Crippen LogP contribution in [-0.4, -0.2) is 0 Å². The molecule has 1 unspecified atom stereocenters. The fourth-order valence-corrected chi connectivity index (χ4v) is 3.71. The molecule has 0 aliphatic heterocycles. The Labute approximate surface area is 109 Å². The van der Waals surface area contributed by atoms with Gasteiger partial charge in [-0.05, 0) is 59.9 Å². The lowest BCUT2D eigenvalue weighted by Crippen LogP contribution is -1.97. The van der Waals surface area contributed by atoms with E-state index >= 15 is 0 Å². The summed E-state index contributed by atoms with van der Waals surface area (Å²) in [5.41, 5.74) is 7.86. The Morgan fingerprint density at radius 3 is 2.67 bits per heavy atom. The maximum atomic E-state index is 2.48. The highest BCUT2D eigenvalue weighted by Crippen LogP contribution is 2.39. The molecule has 18 heavy (non-hydrogen) atoms. The van der Waals surface area contributed by atoms with E-state index in [9.17, 15) is 0 Å². The molecule has 0 saturated carbocycles. The van der Waals surface area contributed by atoms with Crippen LogP contribution < -0.4 is 0 Å². The molecule has 0 spiro atoms. The zero-order chi connectivity index (χ0) is 11.9. The monoisotopic (exact) mass is 234 g/mol. The lowest BCUT2D eigenvalue weighted by molar-refractivity contribution is 0.786. The van der Waals surface area contributed by atoms with Gasteiger partial charge in [0.2, 0.25) is 0 Å². The SMILES string of the molecule is c1ccc2c(c1)CCC2c1ccc2c(c1)CCC2. The first kappa shape index (κ1) is 10.4. The van der Waals surface area contributed by atoms with E-state index in [1.807, 2.05) is 0 Å². The summed E-state index contributed by atoms with van der Waals surface area (Å²) in [7, 11) is 0. The average molecular weight is 234 g/mol. The third-order valence-electron chi connectivity index (χ3n) is 4.66. The summed E-state index contributed by atoms with van der Waals surface area (Å²) in [6.45, 7) is 0. The van der Waals surface area contributed by atoms with Gasteiger partial charge in [0, 0.05) is 5.92 Å². The molecule has 1 atom stereocenters. The second-order valence-corrected chi connectivity index (χ2v) is 5.67. The van der Waals surface area contributed by atoms with Crippen LogP contribution in [0.25, 0.3) is 0 Å². The minimum Gasteiger partial charge on any atom is -0.0620 e. The largest absolute Gasteiger partial charge is 0.0620 e. The number of hydrogen-bond donors (Lipinski definition) is 0. The molecule has 2 aromatic rings. The van der Waals surface area contributed by atoms with E-state index in [0.29, 0.717) is 5.92 Å². The first-order valence-corrected chi connectivity index (χ1v) is 7.11. The highest BCUT2D eigenvalue weighted by molar-refractivity contribution is 5.45. The van der Waals surface area contributed by atoms with Crippen LogP contribution in [-0.2, 0) is 19.3 Å². The third kappa shape index (κ3) is 1.52. The van der Waals surface area contributed by atoms with Crippen molar-refractivity contribution < 1.29 is 0 Å². The Balaban J connectivity index is 1.77. The summed E-state index contributed by atoms with van der Waals surface area (Å²) >= 11 is 0. The van der Waals surface area contributed by atoms with E-state index < -0.39 is 0 Å². The Hall–Kier alpha value is -1.56. The highest BCUT2D eigenvalue weighted by Gasteiger charge is 2.24. The molecule has 2 aromatic carbocycles. The van der Waals surface area contributed by atoms with Crippen LogP contribution in [0.5, 0.6) is 0 Å². The van der Waals surface area contributed by atoms with E-state index in [1.165, 1.54) is 32.1 Å². The summed E-state index contributed by atoms with van der Waals surface area (Å²) in [5, 5.41) is 0. The summed E-state index contributed by atoms with van der Waals surface area (Å²) in [6, 6.07) is 16.2. The van der Waals surface area contributed by atoms with Crippen LogP contribution in [0.1, 0.15) is 46.6 Å². The summed E-state index contributed by atoms with van der Waals surface area (Å²) < 4.78 is 0. The maximum absolute atomic E-state index is 2.48. The Morgan fingerprint density at radius 2 is 1.67 bits per heavy atom. The molecule has 0 heterocycles. The molecular weight excluding hydrogens is 216 g/mol.